The molecular weight excluding hydrogens is 296 g/mol. The normalized spacial score (nSPS) is 23.9. The minimum absolute atomic E-state index is 0.489. The maximum absolute atomic E-state index is 6.14. The van der Waals surface area contributed by atoms with E-state index in [1.54, 1.807) is 0 Å². The number of hydrogen-bond acceptors (Lipinski definition) is 2. The minimum Gasteiger partial charge on any atom is -0.331 e. The summed E-state index contributed by atoms with van der Waals surface area (Å²) in [5, 5.41) is 1.42. The highest BCUT2D eigenvalue weighted by Gasteiger charge is 2.27. The summed E-state index contributed by atoms with van der Waals surface area (Å²) in [6.07, 6.45) is 7.31. The summed E-state index contributed by atoms with van der Waals surface area (Å²) in [6, 6.07) is 6.44. The lowest BCUT2D eigenvalue weighted by atomic mass is 9.94. The number of thioether (sulfide) groups is 1. The van der Waals surface area contributed by atoms with Crippen LogP contribution in [-0.4, -0.2) is 21.1 Å². The number of halogens is 1. The topological polar surface area (TPSA) is 20.7 Å². The van der Waals surface area contributed by atoms with Crippen LogP contribution in [0.1, 0.15) is 31.7 Å². The van der Waals surface area contributed by atoms with Gasteiger partial charge in [0, 0.05) is 16.3 Å². The SMILES string of the molecule is CSC1CCCCC1n1c(=S)[nH]c2ccc(Cl)cc21. The smallest absolute Gasteiger partial charge is 0.178 e. The molecule has 0 aliphatic heterocycles. The predicted molar refractivity (Wildman–Crippen MR) is 86.9 cm³/mol. The van der Waals surface area contributed by atoms with Gasteiger partial charge in [-0.25, -0.2) is 0 Å². The number of nitrogens with one attached hydrogen (secondary N) is 1. The van der Waals surface area contributed by atoms with Crippen LogP contribution in [0.2, 0.25) is 5.02 Å². The number of nitrogens with zero attached hydrogens (tertiary/aromatic N) is 1. The zero-order chi connectivity index (χ0) is 13.4. The molecule has 102 valence electrons. The van der Waals surface area contributed by atoms with Gasteiger partial charge in [-0.1, -0.05) is 24.4 Å². The molecule has 0 spiro atoms. The third-order valence-electron chi connectivity index (χ3n) is 3.98. The number of fused-ring (bicyclic) bond motifs is 1. The van der Waals surface area contributed by atoms with Gasteiger partial charge in [0.15, 0.2) is 4.77 Å². The van der Waals surface area contributed by atoms with Crippen LogP contribution in [0.25, 0.3) is 11.0 Å². The van der Waals surface area contributed by atoms with Gasteiger partial charge in [0.05, 0.1) is 11.0 Å². The molecule has 3 rings (SSSR count). The van der Waals surface area contributed by atoms with E-state index in [1.165, 1.54) is 25.7 Å². The first-order chi connectivity index (χ1) is 9.20. The first-order valence-corrected chi connectivity index (χ1v) is 8.70. The molecule has 19 heavy (non-hydrogen) atoms. The minimum atomic E-state index is 0.489. The molecular formula is C14H17ClN2S2. The van der Waals surface area contributed by atoms with Gasteiger partial charge >= 0.3 is 0 Å². The summed E-state index contributed by atoms with van der Waals surface area (Å²) in [7, 11) is 0. The van der Waals surface area contributed by atoms with Crippen molar-refractivity contribution in [2.75, 3.05) is 6.26 Å². The molecule has 1 N–H and O–H groups in total. The largest absolute Gasteiger partial charge is 0.331 e. The van der Waals surface area contributed by atoms with Gasteiger partial charge in [-0.05, 0) is 49.5 Å². The highest BCUT2D eigenvalue weighted by atomic mass is 35.5. The highest BCUT2D eigenvalue weighted by Crippen LogP contribution is 2.38. The molecule has 1 fully saturated rings. The molecule has 2 unspecified atom stereocenters. The lowest BCUT2D eigenvalue weighted by Crippen LogP contribution is -2.25. The van der Waals surface area contributed by atoms with E-state index in [4.69, 9.17) is 23.8 Å². The number of hydrogen-bond donors (Lipinski definition) is 1. The molecule has 1 aromatic heterocycles. The third-order valence-corrected chi connectivity index (χ3v) is 5.67. The molecule has 0 bridgehead atoms. The van der Waals surface area contributed by atoms with Gasteiger partial charge in [0.2, 0.25) is 0 Å². The van der Waals surface area contributed by atoms with Gasteiger partial charge in [-0.2, -0.15) is 11.8 Å². The quantitative estimate of drug-likeness (QED) is 0.769. The van der Waals surface area contributed by atoms with Gasteiger partial charge in [0.1, 0.15) is 0 Å². The fourth-order valence-corrected chi connectivity index (χ4v) is 4.56. The third kappa shape index (κ3) is 2.46. The Morgan fingerprint density at radius 1 is 1.37 bits per heavy atom. The van der Waals surface area contributed by atoms with E-state index < -0.39 is 0 Å². The Morgan fingerprint density at radius 3 is 2.95 bits per heavy atom. The van der Waals surface area contributed by atoms with Crippen molar-refractivity contribution in [3.8, 4) is 0 Å². The molecule has 0 saturated heterocycles. The molecule has 0 radical (unpaired) electrons. The van der Waals surface area contributed by atoms with Gasteiger partial charge in [-0.3, -0.25) is 0 Å². The van der Waals surface area contributed by atoms with Crippen molar-refractivity contribution in [2.24, 2.45) is 0 Å². The summed E-state index contributed by atoms with van der Waals surface area (Å²) in [5.41, 5.74) is 2.23. The maximum atomic E-state index is 6.14. The van der Waals surface area contributed by atoms with Crippen molar-refractivity contribution in [2.45, 2.75) is 37.0 Å². The molecule has 0 amide bonds. The lowest BCUT2D eigenvalue weighted by molar-refractivity contribution is 0.369. The van der Waals surface area contributed by atoms with E-state index in [-0.39, 0.29) is 0 Å². The van der Waals surface area contributed by atoms with Crippen LogP contribution in [0.3, 0.4) is 0 Å². The summed E-state index contributed by atoms with van der Waals surface area (Å²) in [4.78, 5) is 3.31. The van der Waals surface area contributed by atoms with Crippen molar-refractivity contribution in [1.82, 2.24) is 9.55 Å². The Morgan fingerprint density at radius 2 is 2.16 bits per heavy atom. The first kappa shape index (κ1) is 13.5. The number of imidazole rings is 1. The highest BCUT2D eigenvalue weighted by molar-refractivity contribution is 7.99. The molecule has 5 heteroatoms. The van der Waals surface area contributed by atoms with Crippen LogP contribution >= 0.6 is 35.6 Å². The zero-order valence-corrected chi connectivity index (χ0v) is 13.2. The number of aromatic amines is 1. The molecule has 1 aliphatic carbocycles. The molecule has 1 aliphatic rings. The van der Waals surface area contributed by atoms with Gasteiger partial charge in [0.25, 0.3) is 0 Å². The van der Waals surface area contributed by atoms with Crippen molar-refractivity contribution in [3.63, 3.8) is 0 Å². The van der Waals surface area contributed by atoms with Crippen molar-refractivity contribution in [3.05, 3.63) is 28.0 Å². The number of H-pyrrole nitrogens is 1. The second-order valence-corrected chi connectivity index (χ2v) is 6.99. The molecule has 2 nitrogen and oxygen atoms in total. The maximum Gasteiger partial charge on any atom is 0.178 e. The van der Waals surface area contributed by atoms with E-state index in [0.717, 1.165) is 20.8 Å². The second-order valence-electron chi connectivity index (χ2n) is 5.09. The zero-order valence-electron chi connectivity index (χ0n) is 10.9. The second kappa shape index (κ2) is 5.51. The van der Waals surface area contributed by atoms with Gasteiger partial charge < -0.3 is 9.55 Å². The summed E-state index contributed by atoms with van der Waals surface area (Å²) < 4.78 is 3.11. The number of rotatable bonds is 2. The molecule has 2 aromatic rings. The summed E-state index contributed by atoms with van der Waals surface area (Å²) >= 11 is 13.6. The standard InChI is InChI=1S/C14H17ClN2S2/c1-19-13-5-3-2-4-11(13)17-12-8-9(15)6-7-10(12)16-14(17)18/h6-8,11,13H,2-5H2,1H3,(H,16,18). The van der Waals surface area contributed by atoms with E-state index in [9.17, 15) is 0 Å². The average molecular weight is 313 g/mol. The van der Waals surface area contributed by atoms with E-state index in [2.05, 4.69) is 15.8 Å². The van der Waals surface area contributed by atoms with Crippen molar-refractivity contribution in [1.29, 1.82) is 0 Å². The molecule has 2 atom stereocenters. The van der Waals surface area contributed by atoms with Gasteiger partial charge in [-0.15, -0.1) is 0 Å². The molecule has 1 heterocycles. The van der Waals surface area contributed by atoms with E-state index in [0.29, 0.717) is 11.3 Å². The fraction of sp³-hybridized carbons (Fsp3) is 0.500. The summed E-state index contributed by atoms with van der Waals surface area (Å²) in [6.45, 7) is 0. The Balaban J connectivity index is 2.15. The summed E-state index contributed by atoms with van der Waals surface area (Å²) in [5.74, 6) is 0. The Kier molecular flexibility index (Phi) is 3.92. The van der Waals surface area contributed by atoms with Crippen molar-refractivity contribution < 1.29 is 0 Å². The first-order valence-electron chi connectivity index (χ1n) is 6.63. The van der Waals surface area contributed by atoms with E-state index >= 15 is 0 Å². The molecule has 1 aromatic carbocycles. The fourth-order valence-electron chi connectivity index (χ4n) is 3.07. The predicted octanol–water partition coefficient (Wildman–Crippen LogP) is 5.20. The van der Waals surface area contributed by atoms with Crippen LogP contribution < -0.4 is 0 Å². The van der Waals surface area contributed by atoms with Crippen LogP contribution in [-0.2, 0) is 0 Å². The molecule has 1 saturated carbocycles. The van der Waals surface area contributed by atoms with Crippen molar-refractivity contribution >= 4 is 46.6 Å². The lowest BCUT2D eigenvalue weighted by Gasteiger charge is -2.31. The number of benzene rings is 1. The Bertz CT molecular complexity index is 646. The van der Waals surface area contributed by atoms with Crippen LogP contribution in [0.5, 0.6) is 0 Å². The van der Waals surface area contributed by atoms with Crippen LogP contribution in [0, 0.1) is 4.77 Å². The monoisotopic (exact) mass is 312 g/mol. The Labute approximate surface area is 127 Å². The Hall–Kier alpha value is -0.450. The van der Waals surface area contributed by atoms with E-state index in [1.807, 2.05) is 30.0 Å². The van der Waals surface area contributed by atoms with Crippen LogP contribution in [0.15, 0.2) is 18.2 Å². The number of aromatic nitrogens is 2. The average Bonchev–Trinajstić information content (AvgIpc) is 2.74. The van der Waals surface area contributed by atoms with Crippen LogP contribution in [0.4, 0.5) is 0 Å².